The molecule has 0 unspecified atom stereocenters. The second-order valence-electron chi connectivity index (χ2n) is 5.23. The van der Waals surface area contributed by atoms with Gasteiger partial charge in [0, 0.05) is 19.7 Å². The van der Waals surface area contributed by atoms with Crippen LogP contribution < -0.4 is 0 Å². The maximum atomic E-state index is 12.3. The average molecular weight is 297 g/mol. The fourth-order valence-corrected chi connectivity index (χ4v) is 2.97. The molecule has 0 spiro atoms. The van der Waals surface area contributed by atoms with E-state index in [2.05, 4.69) is 0 Å². The predicted octanol–water partition coefficient (Wildman–Crippen LogP) is 3.51. The number of carbonyl (C=O) groups excluding carboxylic acids is 1. The number of nitro groups is 1. The number of hydrogen-bond donors (Lipinski definition) is 0. The van der Waals surface area contributed by atoms with Crippen LogP contribution in [0, 0.1) is 16.0 Å². The van der Waals surface area contributed by atoms with Gasteiger partial charge in [-0.2, -0.15) is 0 Å². The zero-order chi connectivity index (χ0) is 14.7. The number of halogens is 1. The van der Waals surface area contributed by atoms with Crippen LogP contribution in [0.1, 0.15) is 36.0 Å². The largest absolute Gasteiger partial charge is 0.341 e. The first-order chi connectivity index (χ1) is 9.50. The second-order valence-corrected chi connectivity index (χ2v) is 5.61. The lowest BCUT2D eigenvalue weighted by atomic mass is 10.1. The first kappa shape index (κ1) is 14.8. The monoisotopic (exact) mass is 296 g/mol. The van der Waals surface area contributed by atoms with Gasteiger partial charge in [-0.05, 0) is 24.8 Å². The van der Waals surface area contributed by atoms with Crippen molar-refractivity contribution in [2.45, 2.75) is 25.7 Å². The third-order valence-electron chi connectivity index (χ3n) is 3.76. The Kier molecular flexibility index (Phi) is 4.60. The van der Waals surface area contributed by atoms with Crippen LogP contribution in [0.5, 0.6) is 0 Å². The highest BCUT2D eigenvalue weighted by molar-refractivity contribution is 6.35. The summed E-state index contributed by atoms with van der Waals surface area (Å²) >= 11 is 5.97. The molecule has 108 valence electrons. The van der Waals surface area contributed by atoms with Crippen molar-refractivity contribution < 1.29 is 9.72 Å². The molecule has 1 saturated carbocycles. The number of benzene rings is 1. The molecule has 20 heavy (non-hydrogen) atoms. The van der Waals surface area contributed by atoms with Crippen LogP contribution in [0.25, 0.3) is 0 Å². The molecular formula is C14H17ClN2O3. The lowest BCUT2D eigenvalue weighted by Crippen LogP contribution is -2.31. The SMILES string of the molecule is CN(CC1CCCC1)C(=O)c1cccc([N+](=O)[O-])c1Cl. The minimum atomic E-state index is -0.573. The number of carbonyl (C=O) groups is 1. The fourth-order valence-electron chi connectivity index (χ4n) is 2.69. The second kappa shape index (κ2) is 6.22. The molecular weight excluding hydrogens is 280 g/mol. The Balaban J connectivity index is 2.15. The van der Waals surface area contributed by atoms with Gasteiger partial charge in [0.25, 0.3) is 11.6 Å². The van der Waals surface area contributed by atoms with Crippen LogP contribution in [0.3, 0.4) is 0 Å². The van der Waals surface area contributed by atoms with Crippen LogP contribution in [-0.4, -0.2) is 29.3 Å². The minimum absolute atomic E-state index is 0.0826. The molecule has 0 radical (unpaired) electrons. The van der Waals surface area contributed by atoms with Crippen molar-refractivity contribution in [1.29, 1.82) is 0 Å². The molecule has 0 heterocycles. The summed E-state index contributed by atoms with van der Waals surface area (Å²) in [6.45, 7) is 0.678. The van der Waals surface area contributed by atoms with Crippen molar-refractivity contribution in [3.63, 3.8) is 0 Å². The summed E-state index contributed by atoms with van der Waals surface area (Å²) in [4.78, 5) is 24.2. The number of amides is 1. The van der Waals surface area contributed by atoms with E-state index in [0.29, 0.717) is 12.5 Å². The molecule has 0 saturated heterocycles. The Hall–Kier alpha value is -1.62. The van der Waals surface area contributed by atoms with Crippen molar-refractivity contribution >= 4 is 23.2 Å². The van der Waals surface area contributed by atoms with Crippen molar-refractivity contribution in [2.24, 2.45) is 5.92 Å². The summed E-state index contributed by atoms with van der Waals surface area (Å²) in [7, 11) is 1.72. The van der Waals surface area contributed by atoms with E-state index in [1.165, 1.54) is 31.0 Å². The number of rotatable bonds is 4. The molecule has 1 amide bonds. The maximum Gasteiger partial charge on any atom is 0.288 e. The molecule has 0 atom stereocenters. The molecule has 1 fully saturated rings. The molecule has 0 bridgehead atoms. The van der Waals surface area contributed by atoms with E-state index in [9.17, 15) is 14.9 Å². The zero-order valence-electron chi connectivity index (χ0n) is 11.3. The average Bonchev–Trinajstić information content (AvgIpc) is 2.90. The Morgan fingerprint density at radius 2 is 2.10 bits per heavy atom. The summed E-state index contributed by atoms with van der Waals surface area (Å²) in [6.07, 6.45) is 4.70. The van der Waals surface area contributed by atoms with E-state index in [1.807, 2.05) is 0 Å². The molecule has 1 aromatic rings. The Morgan fingerprint density at radius 3 is 2.70 bits per heavy atom. The fraction of sp³-hybridized carbons (Fsp3) is 0.500. The van der Waals surface area contributed by atoms with Crippen molar-refractivity contribution in [2.75, 3.05) is 13.6 Å². The third kappa shape index (κ3) is 3.10. The molecule has 1 aliphatic carbocycles. The number of hydrogen-bond acceptors (Lipinski definition) is 3. The summed E-state index contributed by atoms with van der Waals surface area (Å²) in [6, 6.07) is 4.32. The summed E-state index contributed by atoms with van der Waals surface area (Å²) < 4.78 is 0. The van der Waals surface area contributed by atoms with Gasteiger partial charge in [0.05, 0.1) is 10.5 Å². The normalized spacial score (nSPS) is 15.3. The molecule has 1 aromatic carbocycles. The summed E-state index contributed by atoms with van der Waals surface area (Å²) in [5, 5.41) is 10.8. The summed E-state index contributed by atoms with van der Waals surface area (Å²) in [5.74, 6) is 0.270. The van der Waals surface area contributed by atoms with Gasteiger partial charge in [0.1, 0.15) is 5.02 Å². The smallest absolute Gasteiger partial charge is 0.288 e. The zero-order valence-corrected chi connectivity index (χ0v) is 12.1. The standard InChI is InChI=1S/C14H17ClN2O3/c1-16(9-10-5-2-3-6-10)14(18)11-7-4-8-12(13(11)15)17(19)20/h4,7-8,10H,2-3,5-6,9H2,1H3. The van der Waals surface area contributed by atoms with Crippen LogP contribution in [0.2, 0.25) is 5.02 Å². The molecule has 6 heteroatoms. The molecule has 0 aliphatic heterocycles. The molecule has 2 rings (SSSR count). The van der Waals surface area contributed by atoms with Gasteiger partial charge >= 0.3 is 0 Å². The number of nitro benzene ring substituents is 1. The van der Waals surface area contributed by atoms with Crippen LogP contribution in [0.4, 0.5) is 5.69 Å². The van der Waals surface area contributed by atoms with E-state index in [0.717, 1.165) is 12.8 Å². The van der Waals surface area contributed by atoms with E-state index in [1.54, 1.807) is 11.9 Å². The van der Waals surface area contributed by atoms with Crippen LogP contribution in [0.15, 0.2) is 18.2 Å². The number of nitrogens with zero attached hydrogens (tertiary/aromatic N) is 2. The lowest BCUT2D eigenvalue weighted by Gasteiger charge is -2.21. The van der Waals surface area contributed by atoms with E-state index in [4.69, 9.17) is 11.6 Å². The topological polar surface area (TPSA) is 63.5 Å². The van der Waals surface area contributed by atoms with E-state index < -0.39 is 4.92 Å². The quantitative estimate of drug-likeness (QED) is 0.631. The molecule has 0 aromatic heterocycles. The van der Waals surface area contributed by atoms with Gasteiger partial charge < -0.3 is 4.90 Å². The predicted molar refractivity (Wildman–Crippen MR) is 77.0 cm³/mol. The minimum Gasteiger partial charge on any atom is -0.341 e. The van der Waals surface area contributed by atoms with E-state index in [-0.39, 0.29) is 22.2 Å². The Labute approximate surface area is 122 Å². The van der Waals surface area contributed by atoms with Gasteiger partial charge in [0.15, 0.2) is 0 Å². The van der Waals surface area contributed by atoms with Gasteiger partial charge in [-0.25, -0.2) is 0 Å². The van der Waals surface area contributed by atoms with Crippen molar-refractivity contribution in [1.82, 2.24) is 4.90 Å². The Morgan fingerprint density at radius 1 is 1.45 bits per heavy atom. The van der Waals surface area contributed by atoms with Gasteiger partial charge in [-0.3, -0.25) is 14.9 Å². The Bertz CT molecular complexity index is 527. The van der Waals surface area contributed by atoms with Crippen molar-refractivity contribution in [3.8, 4) is 0 Å². The first-order valence-corrected chi connectivity index (χ1v) is 7.07. The molecule has 5 nitrogen and oxygen atoms in total. The highest BCUT2D eigenvalue weighted by Gasteiger charge is 2.24. The van der Waals surface area contributed by atoms with Gasteiger partial charge in [0.2, 0.25) is 0 Å². The molecule has 0 N–H and O–H groups in total. The van der Waals surface area contributed by atoms with Gasteiger partial charge in [-0.15, -0.1) is 0 Å². The summed E-state index contributed by atoms with van der Waals surface area (Å²) in [5.41, 5.74) is -0.0341. The van der Waals surface area contributed by atoms with Gasteiger partial charge in [-0.1, -0.05) is 30.5 Å². The van der Waals surface area contributed by atoms with Crippen molar-refractivity contribution in [3.05, 3.63) is 38.9 Å². The first-order valence-electron chi connectivity index (χ1n) is 6.69. The van der Waals surface area contributed by atoms with Crippen LogP contribution in [-0.2, 0) is 0 Å². The van der Waals surface area contributed by atoms with Crippen LogP contribution >= 0.6 is 11.6 Å². The third-order valence-corrected chi connectivity index (χ3v) is 4.16. The maximum absolute atomic E-state index is 12.3. The van der Waals surface area contributed by atoms with E-state index >= 15 is 0 Å². The molecule has 1 aliphatic rings. The lowest BCUT2D eigenvalue weighted by molar-refractivity contribution is -0.384. The highest BCUT2D eigenvalue weighted by atomic mass is 35.5. The highest BCUT2D eigenvalue weighted by Crippen LogP contribution is 2.30.